The van der Waals surface area contributed by atoms with Gasteiger partial charge in [0.05, 0.1) is 18.3 Å². The molecule has 0 aliphatic carbocycles. The van der Waals surface area contributed by atoms with Gasteiger partial charge in [-0.3, -0.25) is 14.5 Å². The zero-order chi connectivity index (χ0) is 16.1. The fourth-order valence-corrected chi connectivity index (χ4v) is 2.86. The number of pyridine rings is 1. The second-order valence-electron chi connectivity index (χ2n) is 6.03. The standard InChI is InChI=1S/C17H23N5O/c1-14-11-16(5-6-18-14)20-17(23)15-12-19-22(13-15)10-9-21-7-3-2-4-8-21/h5-6,11-13H,2-4,7-10H2,1H3,(H,18,20,23). The minimum atomic E-state index is -0.139. The lowest BCUT2D eigenvalue weighted by Crippen LogP contribution is -2.32. The lowest BCUT2D eigenvalue weighted by molar-refractivity contribution is 0.102. The number of anilines is 1. The molecule has 2 aromatic rings. The smallest absolute Gasteiger partial charge is 0.258 e. The maximum atomic E-state index is 12.2. The molecule has 0 saturated carbocycles. The molecule has 0 aromatic carbocycles. The van der Waals surface area contributed by atoms with Gasteiger partial charge in [0.25, 0.3) is 5.91 Å². The Balaban J connectivity index is 1.54. The highest BCUT2D eigenvalue weighted by atomic mass is 16.1. The van der Waals surface area contributed by atoms with Crippen LogP contribution in [0, 0.1) is 6.92 Å². The van der Waals surface area contributed by atoms with E-state index >= 15 is 0 Å². The van der Waals surface area contributed by atoms with Crippen molar-refractivity contribution in [2.75, 3.05) is 25.0 Å². The molecule has 6 heteroatoms. The van der Waals surface area contributed by atoms with E-state index in [1.807, 2.05) is 23.9 Å². The lowest BCUT2D eigenvalue weighted by atomic mass is 10.1. The van der Waals surface area contributed by atoms with Crippen molar-refractivity contribution < 1.29 is 4.79 Å². The molecule has 1 amide bonds. The monoisotopic (exact) mass is 313 g/mol. The maximum Gasteiger partial charge on any atom is 0.258 e. The molecule has 3 heterocycles. The van der Waals surface area contributed by atoms with Crippen LogP contribution in [0.1, 0.15) is 35.3 Å². The number of nitrogens with zero attached hydrogens (tertiary/aromatic N) is 4. The number of hydrogen-bond donors (Lipinski definition) is 1. The van der Waals surface area contributed by atoms with Gasteiger partial charge in [0.1, 0.15) is 0 Å². The molecule has 1 saturated heterocycles. The van der Waals surface area contributed by atoms with Gasteiger partial charge in [0, 0.05) is 30.3 Å². The molecule has 0 radical (unpaired) electrons. The summed E-state index contributed by atoms with van der Waals surface area (Å²) in [6.07, 6.45) is 9.05. The highest BCUT2D eigenvalue weighted by Crippen LogP contribution is 2.10. The number of aryl methyl sites for hydroxylation is 1. The third-order valence-corrected chi connectivity index (χ3v) is 4.14. The second-order valence-corrected chi connectivity index (χ2v) is 6.03. The summed E-state index contributed by atoms with van der Waals surface area (Å²) in [6, 6.07) is 3.63. The molecule has 3 rings (SSSR count). The van der Waals surface area contributed by atoms with Crippen molar-refractivity contribution in [2.45, 2.75) is 32.7 Å². The van der Waals surface area contributed by atoms with E-state index in [1.165, 1.54) is 32.4 Å². The van der Waals surface area contributed by atoms with Gasteiger partial charge in [-0.25, -0.2) is 0 Å². The summed E-state index contributed by atoms with van der Waals surface area (Å²) < 4.78 is 1.85. The van der Waals surface area contributed by atoms with Crippen LogP contribution in [-0.2, 0) is 6.54 Å². The summed E-state index contributed by atoms with van der Waals surface area (Å²) in [7, 11) is 0. The van der Waals surface area contributed by atoms with Crippen LogP contribution in [0.15, 0.2) is 30.7 Å². The summed E-state index contributed by atoms with van der Waals surface area (Å²) in [5.74, 6) is -0.139. The minimum absolute atomic E-state index is 0.139. The molecule has 0 bridgehead atoms. The zero-order valence-corrected chi connectivity index (χ0v) is 13.5. The number of likely N-dealkylation sites (tertiary alicyclic amines) is 1. The van der Waals surface area contributed by atoms with Crippen molar-refractivity contribution >= 4 is 11.6 Å². The Morgan fingerprint density at radius 2 is 2.09 bits per heavy atom. The van der Waals surface area contributed by atoms with Crippen LogP contribution in [0.3, 0.4) is 0 Å². The largest absolute Gasteiger partial charge is 0.322 e. The van der Waals surface area contributed by atoms with Crippen LogP contribution in [0.5, 0.6) is 0 Å². The number of aromatic nitrogens is 3. The summed E-state index contributed by atoms with van der Waals surface area (Å²) in [4.78, 5) is 18.8. The zero-order valence-electron chi connectivity index (χ0n) is 13.5. The number of hydrogen-bond acceptors (Lipinski definition) is 4. The van der Waals surface area contributed by atoms with E-state index in [0.29, 0.717) is 5.56 Å². The van der Waals surface area contributed by atoms with Crippen molar-refractivity contribution in [1.82, 2.24) is 19.7 Å². The van der Waals surface area contributed by atoms with Crippen molar-refractivity contribution in [3.8, 4) is 0 Å². The van der Waals surface area contributed by atoms with Crippen molar-refractivity contribution in [3.63, 3.8) is 0 Å². The van der Waals surface area contributed by atoms with Gasteiger partial charge in [-0.05, 0) is 45.0 Å². The van der Waals surface area contributed by atoms with Crippen LogP contribution in [0.25, 0.3) is 0 Å². The number of carbonyl (C=O) groups is 1. The fourth-order valence-electron chi connectivity index (χ4n) is 2.86. The molecule has 2 aromatic heterocycles. The number of piperidine rings is 1. The first kappa shape index (κ1) is 15.7. The van der Waals surface area contributed by atoms with E-state index in [1.54, 1.807) is 18.5 Å². The number of carbonyl (C=O) groups excluding carboxylic acids is 1. The molecule has 1 N–H and O–H groups in total. The van der Waals surface area contributed by atoms with E-state index in [-0.39, 0.29) is 5.91 Å². The van der Waals surface area contributed by atoms with E-state index in [9.17, 15) is 4.79 Å². The SMILES string of the molecule is Cc1cc(NC(=O)c2cnn(CCN3CCCCC3)c2)ccn1. The van der Waals surface area contributed by atoms with Crippen molar-refractivity contribution in [1.29, 1.82) is 0 Å². The van der Waals surface area contributed by atoms with E-state index in [2.05, 4.69) is 20.3 Å². The quantitative estimate of drug-likeness (QED) is 0.920. The average molecular weight is 313 g/mol. The molecular weight excluding hydrogens is 290 g/mol. The van der Waals surface area contributed by atoms with Crippen LogP contribution in [0.2, 0.25) is 0 Å². The van der Waals surface area contributed by atoms with E-state index in [0.717, 1.165) is 24.5 Å². The minimum Gasteiger partial charge on any atom is -0.322 e. The Morgan fingerprint density at radius 3 is 2.87 bits per heavy atom. The molecule has 1 aliphatic rings. The molecule has 23 heavy (non-hydrogen) atoms. The Morgan fingerprint density at radius 1 is 1.26 bits per heavy atom. The highest BCUT2D eigenvalue weighted by Gasteiger charge is 2.12. The number of amides is 1. The summed E-state index contributed by atoms with van der Waals surface area (Å²) in [5, 5.41) is 7.17. The molecule has 1 fully saturated rings. The van der Waals surface area contributed by atoms with Crippen LogP contribution in [0.4, 0.5) is 5.69 Å². The molecule has 1 aliphatic heterocycles. The Hall–Kier alpha value is -2.21. The van der Waals surface area contributed by atoms with Gasteiger partial charge in [0.2, 0.25) is 0 Å². The van der Waals surface area contributed by atoms with Gasteiger partial charge < -0.3 is 10.2 Å². The van der Waals surface area contributed by atoms with Crippen molar-refractivity contribution in [3.05, 3.63) is 42.0 Å². The summed E-state index contributed by atoms with van der Waals surface area (Å²) >= 11 is 0. The van der Waals surface area contributed by atoms with Gasteiger partial charge in [-0.15, -0.1) is 0 Å². The summed E-state index contributed by atoms with van der Waals surface area (Å²) in [6.45, 7) is 6.06. The molecule has 0 spiro atoms. The number of rotatable bonds is 5. The second kappa shape index (κ2) is 7.37. The lowest BCUT2D eigenvalue weighted by Gasteiger charge is -2.26. The first-order valence-corrected chi connectivity index (χ1v) is 8.19. The third kappa shape index (κ3) is 4.39. The van der Waals surface area contributed by atoms with Crippen LogP contribution < -0.4 is 5.32 Å². The molecule has 0 unspecified atom stereocenters. The maximum absolute atomic E-state index is 12.2. The highest BCUT2D eigenvalue weighted by molar-refractivity contribution is 6.03. The predicted octanol–water partition coefficient (Wildman–Crippen LogP) is 2.32. The first-order valence-electron chi connectivity index (χ1n) is 8.19. The Labute approximate surface area is 136 Å². The molecule has 6 nitrogen and oxygen atoms in total. The molecule has 122 valence electrons. The third-order valence-electron chi connectivity index (χ3n) is 4.14. The summed E-state index contributed by atoms with van der Waals surface area (Å²) in [5.41, 5.74) is 2.21. The van der Waals surface area contributed by atoms with Crippen LogP contribution >= 0.6 is 0 Å². The fraction of sp³-hybridized carbons (Fsp3) is 0.471. The number of nitrogens with one attached hydrogen (secondary N) is 1. The van der Waals surface area contributed by atoms with Gasteiger partial charge in [-0.2, -0.15) is 5.10 Å². The Bertz CT molecular complexity index is 661. The van der Waals surface area contributed by atoms with E-state index < -0.39 is 0 Å². The molecule has 0 atom stereocenters. The molecular formula is C17H23N5O. The topological polar surface area (TPSA) is 63.1 Å². The van der Waals surface area contributed by atoms with Crippen LogP contribution in [-0.4, -0.2) is 45.2 Å². The normalized spacial score (nSPS) is 15.5. The first-order chi connectivity index (χ1) is 11.2. The van der Waals surface area contributed by atoms with Gasteiger partial charge in [0.15, 0.2) is 0 Å². The van der Waals surface area contributed by atoms with Gasteiger partial charge in [-0.1, -0.05) is 6.42 Å². The average Bonchev–Trinajstić information content (AvgIpc) is 3.03. The van der Waals surface area contributed by atoms with E-state index in [4.69, 9.17) is 0 Å². The predicted molar refractivity (Wildman–Crippen MR) is 89.4 cm³/mol. The van der Waals surface area contributed by atoms with Crippen molar-refractivity contribution in [2.24, 2.45) is 0 Å². The Kier molecular flexibility index (Phi) is 5.02. The van der Waals surface area contributed by atoms with Gasteiger partial charge >= 0.3 is 0 Å².